The number of hydrogen-bond donors (Lipinski definition) is 2. The van der Waals surface area contributed by atoms with Crippen LogP contribution in [0.25, 0.3) is 0 Å². The molecule has 1 atom stereocenters. The Hall–Kier alpha value is -1.83. The Bertz CT molecular complexity index is 502. The summed E-state index contributed by atoms with van der Waals surface area (Å²) < 4.78 is 37.4. The first-order chi connectivity index (χ1) is 10.9. The van der Waals surface area contributed by atoms with Gasteiger partial charge in [0.2, 0.25) is 0 Å². The molecule has 0 spiro atoms. The van der Waals surface area contributed by atoms with E-state index >= 15 is 0 Å². The number of piperidine rings is 1. The van der Waals surface area contributed by atoms with Crippen LogP contribution in [0.1, 0.15) is 18.4 Å². The molecule has 23 heavy (non-hydrogen) atoms. The topological polar surface area (TPSA) is 65.5 Å². The zero-order valence-electron chi connectivity index (χ0n) is 12.6. The first-order valence-electron chi connectivity index (χ1n) is 7.54. The van der Waals surface area contributed by atoms with Gasteiger partial charge in [0.25, 0.3) is 0 Å². The third-order valence-electron chi connectivity index (χ3n) is 4.02. The van der Waals surface area contributed by atoms with Crippen molar-refractivity contribution < 1.29 is 23.1 Å². The molecule has 1 aliphatic heterocycles. The lowest BCUT2D eigenvalue weighted by Gasteiger charge is -2.34. The molecule has 0 radical (unpaired) electrons. The van der Waals surface area contributed by atoms with Gasteiger partial charge in [-0.05, 0) is 36.8 Å². The Kier molecular flexibility index (Phi) is 5.81. The highest BCUT2D eigenvalue weighted by molar-refractivity contribution is 5.74. The fourth-order valence-electron chi connectivity index (χ4n) is 2.66. The number of carbonyl (C=O) groups is 1. The normalized spacial score (nSPS) is 17.8. The average molecular weight is 331 g/mol. The zero-order chi connectivity index (χ0) is 16.9. The number of urea groups is 1. The maximum atomic E-state index is 12.5. The van der Waals surface area contributed by atoms with Gasteiger partial charge in [-0.1, -0.05) is 6.07 Å². The molecule has 2 N–H and O–H groups in total. The number of rotatable bonds is 4. The monoisotopic (exact) mass is 331 g/mol. The minimum atomic E-state index is -4.60. The van der Waals surface area contributed by atoms with E-state index in [1.165, 1.54) is 4.90 Å². The Morgan fingerprint density at radius 2 is 2.13 bits per heavy atom. The van der Waals surface area contributed by atoms with Crippen molar-refractivity contribution in [1.82, 2.24) is 15.2 Å². The third-order valence-corrected chi connectivity index (χ3v) is 4.02. The van der Waals surface area contributed by atoms with Crippen molar-refractivity contribution in [1.29, 1.82) is 0 Å². The second-order valence-corrected chi connectivity index (χ2v) is 5.65. The Labute approximate surface area is 132 Å². The van der Waals surface area contributed by atoms with Crippen LogP contribution in [-0.2, 0) is 6.42 Å². The van der Waals surface area contributed by atoms with Crippen molar-refractivity contribution in [2.45, 2.75) is 31.5 Å². The van der Waals surface area contributed by atoms with E-state index in [9.17, 15) is 23.1 Å². The number of aliphatic hydroxyl groups excluding tert-OH is 1. The van der Waals surface area contributed by atoms with Gasteiger partial charge in [-0.15, -0.1) is 0 Å². The van der Waals surface area contributed by atoms with Gasteiger partial charge in [-0.25, -0.2) is 4.79 Å². The van der Waals surface area contributed by atoms with Crippen LogP contribution < -0.4 is 5.32 Å². The SMILES string of the molecule is O=C(NCCc1cccnc1)N1CCC(C(O)C(F)(F)F)CC1. The van der Waals surface area contributed by atoms with Gasteiger partial charge in [-0.3, -0.25) is 4.98 Å². The molecule has 0 saturated carbocycles. The third kappa shape index (κ3) is 5.09. The van der Waals surface area contributed by atoms with Crippen LogP contribution in [0.3, 0.4) is 0 Å². The van der Waals surface area contributed by atoms with Crippen molar-refractivity contribution in [3.8, 4) is 0 Å². The molecule has 2 rings (SSSR count). The second kappa shape index (κ2) is 7.63. The van der Waals surface area contributed by atoms with Gasteiger partial charge in [0.05, 0.1) is 0 Å². The molecular formula is C15H20F3N3O2. The summed E-state index contributed by atoms with van der Waals surface area (Å²) in [7, 11) is 0. The molecule has 1 aromatic heterocycles. The van der Waals surface area contributed by atoms with Crippen LogP contribution in [-0.4, -0.2) is 52.9 Å². The van der Waals surface area contributed by atoms with Crippen molar-refractivity contribution in [2.24, 2.45) is 5.92 Å². The summed E-state index contributed by atoms with van der Waals surface area (Å²) in [6.45, 7) is 0.878. The predicted molar refractivity (Wildman–Crippen MR) is 77.7 cm³/mol. The first-order valence-corrected chi connectivity index (χ1v) is 7.54. The Balaban J connectivity index is 1.71. The van der Waals surface area contributed by atoms with Crippen molar-refractivity contribution >= 4 is 6.03 Å². The predicted octanol–water partition coefficient (Wildman–Crippen LogP) is 1.97. The van der Waals surface area contributed by atoms with Gasteiger partial charge >= 0.3 is 12.2 Å². The standard InChI is InChI=1S/C15H20F3N3O2/c16-15(17,18)13(22)12-4-8-21(9-5-12)14(23)20-7-3-11-2-1-6-19-10-11/h1-2,6,10,12-13,22H,3-5,7-9H2,(H,20,23). The van der Waals surface area contributed by atoms with Crippen molar-refractivity contribution in [3.63, 3.8) is 0 Å². The van der Waals surface area contributed by atoms with E-state index in [2.05, 4.69) is 10.3 Å². The van der Waals surface area contributed by atoms with E-state index in [0.29, 0.717) is 13.0 Å². The van der Waals surface area contributed by atoms with Crippen molar-refractivity contribution in [3.05, 3.63) is 30.1 Å². The maximum Gasteiger partial charge on any atom is 0.414 e. The number of amides is 2. The summed E-state index contributed by atoms with van der Waals surface area (Å²) in [5.74, 6) is -0.838. The van der Waals surface area contributed by atoms with E-state index in [0.717, 1.165) is 5.56 Å². The minimum Gasteiger partial charge on any atom is -0.383 e. The molecule has 2 amide bonds. The van der Waals surface area contributed by atoms with Crippen molar-refractivity contribution in [2.75, 3.05) is 19.6 Å². The number of nitrogens with one attached hydrogen (secondary N) is 1. The summed E-state index contributed by atoms with van der Waals surface area (Å²) in [5, 5.41) is 12.0. The van der Waals surface area contributed by atoms with Gasteiger partial charge in [0.1, 0.15) is 0 Å². The van der Waals surface area contributed by atoms with Crippen LogP contribution in [0.4, 0.5) is 18.0 Å². The lowest BCUT2D eigenvalue weighted by atomic mass is 9.91. The second-order valence-electron chi connectivity index (χ2n) is 5.65. The number of hydrogen-bond acceptors (Lipinski definition) is 3. The summed E-state index contributed by atoms with van der Waals surface area (Å²) in [4.78, 5) is 17.4. The molecule has 0 aliphatic carbocycles. The number of halogens is 3. The maximum absolute atomic E-state index is 12.5. The number of aliphatic hydroxyl groups is 1. The summed E-state index contributed by atoms with van der Waals surface area (Å²) in [6, 6.07) is 3.44. The Morgan fingerprint density at radius 3 is 2.70 bits per heavy atom. The molecule has 8 heteroatoms. The van der Waals surface area contributed by atoms with Crippen LogP contribution in [0.15, 0.2) is 24.5 Å². The zero-order valence-corrected chi connectivity index (χ0v) is 12.6. The first kappa shape index (κ1) is 17.5. The smallest absolute Gasteiger partial charge is 0.383 e. The van der Waals surface area contributed by atoms with Crippen LogP contribution in [0.2, 0.25) is 0 Å². The fraction of sp³-hybridized carbons (Fsp3) is 0.600. The summed E-state index contributed by atoms with van der Waals surface area (Å²) >= 11 is 0. The van der Waals surface area contributed by atoms with E-state index in [1.54, 1.807) is 12.4 Å². The largest absolute Gasteiger partial charge is 0.414 e. The molecular weight excluding hydrogens is 311 g/mol. The highest BCUT2D eigenvalue weighted by Gasteiger charge is 2.44. The number of carbonyl (C=O) groups excluding carboxylic acids is 1. The van der Waals surface area contributed by atoms with E-state index in [4.69, 9.17) is 0 Å². The number of aromatic nitrogens is 1. The van der Waals surface area contributed by atoms with Gasteiger partial charge in [0.15, 0.2) is 6.10 Å². The van der Waals surface area contributed by atoms with Gasteiger partial charge in [-0.2, -0.15) is 13.2 Å². The number of nitrogens with zero attached hydrogens (tertiary/aromatic N) is 2. The Morgan fingerprint density at radius 1 is 1.43 bits per heavy atom. The number of pyridine rings is 1. The van der Waals surface area contributed by atoms with Crippen LogP contribution in [0, 0.1) is 5.92 Å². The fourth-order valence-corrected chi connectivity index (χ4v) is 2.66. The molecule has 5 nitrogen and oxygen atoms in total. The molecule has 1 fully saturated rings. The number of alkyl halides is 3. The van der Waals surface area contributed by atoms with E-state index in [1.807, 2.05) is 12.1 Å². The minimum absolute atomic E-state index is 0.150. The summed E-state index contributed by atoms with van der Waals surface area (Å²) in [5.41, 5.74) is 1.000. The molecule has 2 heterocycles. The average Bonchev–Trinajstić information content (AvgIpc) is 2.54. The lowest BCUT2D eigenvalue weighted by molar-refractivity contribution is -0.222. The van der Waals surface area contributed by atoms with Gasteiger partial charge in [0, 0.05) is 32.0 Å². The lowest BCUT2D eigenvalue weighted by Crippen LogP contribution is -2.48. The number of likely N-dealkylation sites (tertiary alicyclic amines) is 1. The molecule has 1 aliphatic rings. The highest BCUT2D eigenvalue weighted by Crippen LogP contribution is 2.31. The molecule has 1 aromatic rings. The quantitative estimate of drug-likeness (QED) is 0.886. The van der Waals surface area contributed by atoms with E-state index < -0.39 is 18.2 Å². The molecule has 1 unspecified atom stereocenters. The molecule has 1 saturated heterocycles. The summed E-state index contributed by atoms with van der Waals surface area (Å²) in [6.07, 6.45) is -2.58. The van der Waals surface area contributed by atoms with Crippen LogP contribution >= 0.6 is 0 Å². The molecule has 128 valence electrons. The molecule has 0 aromatic carbocycles. The van der Waals surface area contributed by atoms with Gasteiger partial charge < -0.3 is 15.3 Å². The highest BCUT2D eigenvalue weighted by atomic mass is 19.4. The van der Waals surface area contributed by atoms with Crippen LogP contribution in [0.5, 0.6) is 0 Å². The molecule has 0 bridgehead atoms. The van der Waals surface area contributed by atoms with E-state index in [-0.39, 0.29) is 32.0 Å².